The van der Waals surface area contributed by atoms with Gasteiger partial charge in [-0.2, -0.15) is 5.10 Å². The second kappa shape index (κ2) is 13.1. The number of aromatic nitrogens is 2. The van der Waals surface area contributed by atoms with Gasteiger partial charge in [-0.05, 0) is 70.2 Å². The van der Waals surface area contributed by atoms with Gasteiger partial charge in [-0.1, -0.05) is 54.9 Å². The van der Waals surface area contributed by atoms with E-state index in [9.17, 15) is 29.3 Å². The summed E-state index contributed by atoms with van der Waals surface area (Å²) in [6, 6.07) is 17.4. The number of carboxylic acids is 1. The van der Waals surface area contributed by atoms with Crippen molar-refractivity contribution in [1.82, 2.24) is 10.2 Å². The topological polar surface area (TPSA) is 162 Å². The van der Waals surface area contributed by atoms with Crippen molar-refractivity contribution in [1.29, 1.82) is 0 Å². The van der Waals surface area contributed by atoms with Crippen LogP contribution >= 0.6 is 11.6 Å². The number of rotatable bonds is 8. The number of fused-ring (bicyclic) bond motifs is 1. The maximum atomic E-state index is 13.9. The normalized spacial score (nSPS) is 22.6. The minimum atomic E-state index is -1.90. The molecule has 0 unspecified atom stereocenters. The Morgan fingerprint density at radius 2 is 1.75 bits per heavy atom. The zero-order chi connectivity index (χ0) is 31.5. The number of hydrogen-bond donors (Lipinski definition) is 5. The van der Waals surface area contributed by atoms with Crippen molar-refractivity contribution < 1.29 is 43.9 Å². The summed E-state index contributed by atoms with van der Waals surface area (Å²) < 4.78 is 23.9. The monoisotopic (exact) mass is 622 g/mol. The van der Waals surface area contributed by atoms with Crippen LogP contribution < -0.4 is 0 Å². The molecule has 5 rings (SSSR count). The van der Waals surface area contributed by atoms with E-state index in [2.05, 4.69) is 10.2 Å². The highest BCUT2D eigenvalue weighted by Gasteiger charge is 2.48. The molecule has 1 aliphatic rings. The Labute approximate surface area is 255 Å². The smallest absolute Gasteiger partial charge is 0.335 e. The highest BCUT2D eigenvalue weighted by Crippen LogP contribution is 2.38. The zero-order valence-electron chi connectivity index (χ0n) is 23.2. The van der Waals surface area contributed by atoms with Gasteiger partial charge in [0.05, 0.1) is 16.7 Å². The number of aliphatic hydroxyl groups excluding tert-OH is 3. The van der Waals surface area contributed by atoms with Crippen LogP contribution in [0.2, 0.25) is 5.02 Å². The van der Waals surface area contributed by atoms with Crippen molar-refractivity contribution in [2.75, 3.05) is 0 Å². The van der Waals surface area contributed by atoms with E-state index < -0.39 is 48.5 Å². The molecule has 5 N–H and O–H groups in total. The Balaban J connectivity index is 1.43. The van der Waals surface area contributed by atoms with Crippen LogP contribution in [0.1, 0.15) is 35.6 Å². The fourth-order valence-electron chi connectivity index (χ4n) is 5.08. The Morgan fingerprint density at radius 1 is 1.02 bits per heavy atom. The third-order valence-corrected chi connectivity index (χ3v) is 7.61. The van der Waals surface area contributed by atoms with Crippen molar-refractivity contribution in [3.63, 3.8) is 0 Å². The Bertz CT molecular complexity index is 1750. The Kier molecular flexibility index (Phi) is 9.23. The first kappa shape index (κ1) is 31.0. The molecule has 1 fully saturated rings. The van der Waals surface area contributed by atoms with Gasteiger partial charge in [-0.3, -0.25) is 5.10 Å². The van der Waals surface area contributed by atoms with Crippen LogP contribution in [0.25, 0.3) is 28.1 Å². The van der Waals surface area contributed by atoms with E-state index in [-0.39, 0.29) is 5.02 Å². The summed E-state index contributed by atoms with van der Waals surface area (Å²) in [5.41, 5.74) is 5.65. The van der Waals surface area contributed by atoms with Gasteiger partial charge in [-0.15, -0.1) is 0 Å². The summed E-state index contributed by atoms with van der Waals surface area (Å²) in [4.78, 5) is 23.7. The van der Waals surface area contributed by atoms with Crippen LogP contribution in [-0.2, 0) is 19.1 Å². The number of aromatic amines is 1. The lowest BCUT2D eigenvalue weighted by Gasteiger charge is -2.37. The van der Waals surface area contributed by atoms with Crippen LogP contribution in [0.4, 0.5) is 4.39 Å². The summed E-state index contributed by atoms with van der Waals surface area (Å²) in [7, 11) is 0. The van der Waals surface area contributed by atoms with Crippen molar-refractivity contribution >= 4 is 51.7 Å². The van der Waals surface area contributed by atoms with Crippen LogP contribution in [0.5, 0.6) is 0 Å². The summed E-state index contributed by atoms with van der Waals surface area (Å²) in [5.74, 6) is -3.00. The molecule has 0 radical (unpaired) electrons. The predicted molar refractivity (Wildman–Crippen MR) is 160 cm³/mol. The maximum absolute atomic E-state index is 13.9. The minimum Gasteiger partial charge on any atom is -0.479 e. The van der Waals surface area contributed by atoms with E-state index in [1.54, 1.807) is 24.4 Å². The molecule has 10 nitrogen and oxygen atoms in total. The average Bonchev–Trinajstić information content (AvgIpc) is 3.48. The third kappa shape index (κ3) is 6.42. The van der Waals surface area contributed by atoms with Crippen LogP contribution in [0.15, 0.2) is 72.9 Å². The van der Waals surface area contributed by atoms with E-state index >= 15 is 0 Å². The minimum absolute atomic E-state index is 0.283. The fraction of sp³-hybridized carbons (Fsp3) is 0.219. The molecule has 0 spiro atoms. The van der Waals surface area contributed by atoms with Crippen molar-refractivity contribution in [3.8, 4) is 0 Å². The van der Waals surface area contributed by atoms with Crippen LogP contribution in [0.3, 0.4) is 0 Å². The van der Waals surface area contributed by atoms with E-state index in [4.69, 9.17) is 26.2 Å². The van der Waals surface area contributed by atoms with E-state index in [1.165, 1.54) is 18.2 Å². The molecule has 1 aliphatic heterocycles. The van der Waals surface area contributed by atoms with Gasteiger partial charge in [0.2, 0.25) is 6.29 Å². The maximum Gasteiger partial charge on any atom is 0.335 e. The molecule has 2 heterocycles. The molecule has 44 heavy (non-hydrogen) atoms. The van der Waals surface area contributed by atoms with Crippen LogP contribution in [0, 0.1) is 5.82 Å². The molecule has 228 valence electrons. The Hall–Kier alpha value is -4.39. The molecule has 0 aliphatic carbocycles. The second-order valence-electron chi connectivity index (χ2n) is 10.1. The number of esters is 1. The number of nitrogens with one attached hydrogen (secondary N) is 1. The number of allylic oxidation sites excluding steroid dienone is 1. The molecule has 4 aromatic rings. The van der Waals surface area contributed by atoms with Gasteiger partial charge in [0.1, 0.15) is 24.1 Å². The molecule has 0 bridgehead atoms. The van der Waals surface area contributed by atoms with Gasteiger partial charge in [0.25, 0.3) is 0 Å². The number of carboxylic acid groups (broad SMARTS) is 1. The summed E-state index contributed by atoms with van der Waals surface area (Å²) in [5, 5.41) is 47.2. The third-order valence-electron chi connectivity index (χ3n) is 7.30. The molecule has 12 heteroatoms. The number of hydrogen-bond acceptors (Lipinski definition) is 8. The van der Waals surface area contributed by atoms with Gasteiger partial charge in [0.15, 0.2) is 6.10 Å². The molecule has 0 amide bonds. The number of benzene rings is 3. The summed E-state index contributed by atoms with van der Waals surface area (Å²) >= 11 is 6.49. The molecule has 0 saturated carbocycles. The van der Waals surface area contributed by atoms with Crippen LogP contribution in [-0.4, -0.2) is 73.3 Å². The summed E-state index contributed by atoms with van der Waals surface area (Å²) in [6.07, 6.45) is -4.54. The quantitative estimate of drug-likeness (QED) is 0.110. The molecular weight excluding hydrogens is 595 g/mol. The number of aliphatic carboxylic acids is 1. The summed E-state index contributed by atoms with van der Waals surface area (Å²) in [6.45, 7) is 1.99. The van der Waals surface area contributed by atoms with Gasteiger partial charge < -0.3 is 29.9 Å². The van der Waals surface area contributed by atoms with Crippen molar-refractivity contribution in [2.45, 2.75) is 44.1 Å². The molecule has 1 saturated heterocycles. The standard InChI is InChI=1S/C32H28ClFN2O8/c1-2-21(22-10-9-20(34)14-23(22)33)26(18-8-11-24-19(13-18)15-35-36-24)17-6-3-16(4-7-17)5-12-25(37)43-32-29(40)27(38)28(39)30(44-32)31(41)42/h3-15,27-30,32,38-40H,2H2,1H3,(H,35,36)(H,41,42)/b12-5+,26-21+/t27-,28-,29+,30-,32+/m0/s1. The van der Waals surface area contributed by atoms with Crippen molar-refractivity contribution in [3.05, 3.63) is 106 Å². The zero-order valence-corrected chi connectivity index (χ0v) is 24.0. The number of carbonyl (C=O) groups is 2. The lowest BCUT2D eigenvalue weighted by molar-refractivity contribution is -0.284. The first-order valence-corrected chi connectivity index (χ1v) is 14.0. The number of H-pyrrole nitrogens is 1. The number of carbonyl (C=O) groups excluding carboxylic acids is 1. The SMILES string of the molecule is CC/C(=C(/c1ccc(/C=C/C(=O)O[C@@H]2O[C@H](C(=O)O)[C@@H](O)[C@H](O)[C@H]2O)cc1)c1ccc2[nH]ncc2c1)c1ccc(F)cc1Cl. The highest BCUT2D eigenvalue weighted by molar-refractivity contribution is 6.32. The second-order valence-corrected chi connectivity index (χ2v) is 10.5. The highest BCUT2D eigenvalue weighted by atomic mass is 35.5. The Morgan fingerprint density at radius 3 is 2.43 bits per heavy atom. The number of halogens is 2. The van der Waals surface area contributed by atoms with Gasteiger partial charge >= 0.3 is 11.9 Å². The number of nitrogens with zero attached hydrogens (tertiary/aromatic N) is 1. The molecule has 5 atom stereocenters. The van der Waals surface area contributed by atoms with E-state index in [0.717, 1.165) is 39.3 Å². The lowest BCUT2D eigenvalue weighted by atomic mass is 9.87. The van der Waals surface area contributed by atoms with E-state index in [1.807, 2.05) is 37.3 Å². The predicted octanol–water partition coefficient (Wildman–Crippen LogP) is 4.17. The van der Waals surface area contributed by atoms with Gasteiger partial charge in [0, 0.05) is 11.5 Å². The number of ether oxygens (including phenoxy) is 2. The molecule has 3 aromatic carbocycles. The first-order valence-electron chi connectivity index (χ1n) is 13.6. The van der Waals surface area contributed by atoms with E-state index in [0.29, 0.717) is 17.5 Å². The fourth-order valence-corrected chi connectivity index (χ4v) is 5.36. The number of aliphatic hydroxyl groups is 3. The lowest BCUT2D eigenvalue weighted by Crippen LogP contribution is -2.60. The first-order chi connectivity index (χ1) is 21.1. The molecule has 1 aromatic heterocycles. The largest absolute Gasteiger partial charge is 0.479 e. The molecular formula is C32H28ClFN2O8. The van der Waals surface area contributed by atoms with Crippen molar-refractivity contribution in [2.24, 2.45) is 0 Å². The average molecular weight is 623 g/mol. The van der Waals surface area contributed by atoms with Gasteiger partial charge in [-0.25, -0.2) is 14.0 Å².